The van der Waals surface area contributed by atoms with Gasteiger partial charge in [0.05, 0.1) is 20.3 Å². The summed E-state index contributed by atoms with van der Waals surface area (Å²) in [6.07, 6.45) is 1.64. The van der Waals surface area contributed by atoms with Crippen LogP contribution in [0.15, 0.2) is 18.2 Å². The molecule has 1 atom stereocenters. The second kappa shape index (κ2) is 7.51. The van der Waals surface area contributed by atoms with Crippen LogP contribution in [0.5, 0.6) is 11.5 Å². The van der Waals surface area contributed by atoms with Crippen molar-refractivity contribution in [3.63, 3.8) is 0 Å². The van der Waals surface area contributed by atoms with E-state index in [2.05, 4.69) is 0 Å². The zero-order valence-corrected chi connectivity index (χ0v) is 15.1. The third kappa shape index (κ3) is 3.46. The molecule has 6 nitrogen and oxygen atoms in total. The first-order valence-corrected chi connectivity index (χ1v) is 9.38. The van der Waals surface area contributed by atoms with Gasteiger partial charge in [-0.25, -0.2) is 0 Å². The fourth-order valence-electron chi connectivity index (χ4n) is 3.12. The number of ether oxygens (including phenoxy) is 2. The molecular weight excluding hydrogens is 316 g/mol. The minimum absolute atomic E-state index is 0.193. The van der Waals surface area contributed by atoms with Gasteiger partial charge in [-0.3, -0.25) is 0 Å². The monoisotopic (exact) mass is 342 g/mol. The number of hydrogen-bond donors (Lipinski definition) is 0. The molecule has 2 rings (SSSR count). The van der Waals surface area contributed by atoms with E-state index in [9.17, 15) is 8.42 Å². The van der Waals surface area contributed by atoms with Crippen LogP contribution in [0.2, 0.25) is 0 Å². The lowest BCUT2D eigenvalue weighted by Gasteiger charge is -2.30. The Kier molecular flexibility index (Phi) is 5.89. The predicted octanol–water partition coefficient (Wildman–Crippen LogP) is 2.43. The van der Waals surface area contributed by atoms with Crippen molar-refractivity contribution in [1.82, 2.24) is 8.61 Å². The molecule has 0 aromatic heterocycles. The minimum atomic E-state index is -3.46. The number of benzene rings is 1. The van der Waals surface area contributed by atoms with Crippen molar-refractivity contribution in [2.24, 2.45) is 0 Å². The normalized spacial score (nSPS) is 19.3. The maximum absolute atomic E-state index is 12.9. The van der Waals surface area contributed by atoms with Gasteiger partial charge in [-0.05, 0) is 18.9 Å². The van der Waals surface area contributed by atoms with Crippen LogP contribution >= 0.6 is 0 Å². The first-order valence-electron chi connectivity index (χ1n) is 7.98. The van der Waals surface area contributed by atoms with E-state index in [1.165, 1.54) is 4.31 Å². The van der Waals surface area contributed by atoms with Crippen molar-refractivity contribution in [1.29, 1.82) is 0 Å². The summed E-state index contributed by atoms with van der Waals surface area (Å²) in [6, 6.07) is 5.36. The first kappa shape index (κ1) is 18.0. The topological polar surface area (TPSA) is 59.1 Å². The average Bonchev–Trinajstić information content (AvgIpc) is 3.05. The number of methoxy groups -OCH3 is 2. The molecule has 1 aromatic rings. The van der Waals surface area contributed by atoms with Gasteiger partial charge in [0, 0.05) is 31.3 Å². The average molecular weight is 342 g/mol. The highest BCUT2D eigenvalue weighted by atomic mass is 32.2. The van der Waals surface area contributed by atoms with Crippen molar-refractivity contribution in [2.75, 3.05) is 33.9 Å². The smallest absolute Gasteiger partial charge is 0.282 e. The summed E-state index contributed by atoms with van der Waals surface area (Å²) in [5, 5.41) is 0. The maximum atomic E-state index is 12.9. The molecule has 0 amide bonds. The molecule has 0 aliphatic carbocycles. The van der Waals surface area contributed by atoms with E-state index in [4.69, 9.17) is 9.47 Å². The molecule has 23 heavy (non-hydrogen) atoms. The molecule has 0 spiro atoms. The highest BCUT2D eigenvalue weighted by Gasteiger charge is 2.39. The van der Waals surface area contributed by atoms with Crippen molar-refractivity contribution < 1.29 is 17.9 Å². The Balaban J connectivity index is 2.39. The standard InChI is InChI=1S/C16H26N2O4S/c1-5-17(6-2)23(19,20)18-11-7-8-15(18)14-10-9-13(21-3)12-16(14)22-4/h9-10,12,15H,5-8,11H2,1-4H3. The summed E-state index contributed by atoms with van der Waals surface area (Å²) in [7, 11) is -0.267. The van der Waals surface area contributed by atoms with Crippen LogP contribution in [0.25, 0.3) is 0 Å². The fourth-order valence-corrected chi connectivity index (χ4v) is 4.97. The molecule has 1 aliphatic rings. The van der Waals surface area contributed by atoms with E-state index in [1.807, 2.05) is 26.0 Å². The lowest BCUT2D eigenvalue weighted by Crippen LogP contribution is -2.43. The van der Waals surface area contributed by atoms with Crippen molar-refractivity contribution in [3.05, 3.63) is 23.8 Å². The van der Waals surface area contributed by atoms with Gasteiger partial charge in [-0.2, -0.15) is 17.0 Å². The molecular formula is C16H26N2O4S. The highest BCUT2D eigenvalue weighted by molar-refractivity contribution is 7.86. The second-order valence-electron chi connectivity index (χ2n) is 5.47. The molecule has 130 valence electrons. The molecule has 0 saturated carbocycles. The van der Waals surface area contributed by atoms with Crippen LogP contribution in [0, 0.1) is 0 Å². The zero-order valence-electron chi connectivity index (χ0n) is 14.3. The van der Waals surface area contributed by atoms with Crippen molar-refractivity contribution >= 4 is 10.2 Å². The van der Waals surface area contributed by atoms with Crippen LogP contribution in [0.1, 0.15) is 38.3 Å². The lowest BCUT2D eigenvalue weighted by atomic mass is 10.0. The van der Waals surface area contributed by atoms with E-state index in [1.54, 1.807) is 24.6 Å². The van der Waals surface area contributed by atoms with Gasteiger partial charge < -0.3 is 9.47 Å². The third-order valence-electron chi connectivity index (χ3n) is 4.33. The molecule has 1 saturated heterocycles. The van der Waals surface area contributed by atoms with Gasteiger partial charge >= 0.3 is 0 Å². The summed E-state index contributed by atoms with van der Waals surface area (Å²) in [6.45, 7) is 5.21. The van der Waals surface area contributed by atoms with Crippen LogP contribution in [-0.4, -0.2) is 50.9 Å². The minimum Gasteiger partial charge on any atom is -0.497 e. The van der Waals surface area contributed by atoms with Gasteiger partial charge in [0.25, 0.3) is 10.2 Å². The number of rotatable bonds is 7. The molecule has 1 unspecified atom stereocenters. The number of hydrogen-bond acceptors (Lipinski definition) is 4. The Morgan fingerprint density at radius 3 is 2.48 bits per heavy atom. The summed E-state index contributed by atoms with van der Waals surface area (Å²) in [5.74, 6) is 1.36. The van der Waals surface area contributed by atoms with E-state index in [0.29, 0.717) is 31.1 Å². The molecule has 1 heterocycles. The fraction of sp³-hybridized carbons (Fsp3) is 0.625. The van der Waals surface area contributed by atoms with Crippen molar-refractivity contribution in [2.45, 2.75) is 32.7 Å². The molecule has 0 N–H and O–H groups in total. The van der Waals surface area contributed by atoms with Crippen LogP contribution in [0.4, 0.5) is 0 Å². The van der Waals surface area contributed by atoms with E-state index >= 15 is 0 Å². The molecule has 7 heteroatoms. The summed E-state index contributed by atoms with van der Waals surface area (Å²) < 4.78 is 39.6. The second-order valence-corrected chi connectivity index (χ2v) is 7.35. The lowest BCUT2D eigenvalue weighted by molar-refractivity contribution is 0.328. The first-order chi connectivity index (χ1) is 11.0. The van der Waals surface area contributed by atoms with Crippen LogP contribution < -0.4 is 9.47 Å². The Morgan fingerprint density at radius 2 is 1.91 bits per heavy atom. The molecule has 1 aliphatic heterocycles. The Morgan fingerprint density at radius 1 is 1.22 bits per heavy atom. The SMILES string of the molecule is CCN(CC)S(=O)(=O)N1CCCC1c1ccc(OC)cc1OC. The van der Waals surface area contributed by atoms with E-state index < -0.39 is 10.2 Å². The molecule has 0 bridgehead atoms. The van der Waals surface area contributed by atoms with Gasteiger partial charge in [0.1, 0.15) is 11.5 Å². The molecule has 0 radical (unpaired) electrons. The van der Waals surface area contributed by atoms with Gasteiger partial charge in [0.15, 0.2) is 0 Å². The van der Waals surface area contributed by atoms with Crippen LogP contribution in [-0.2, 0) is 10.2 Å². The predicted molar refractivity (Wildman–Crippen MR) is 90.1 cm³/mol. The van der Waals surface area contributed by atoms with E-state index in [0.717, 1.165) is 18.4 Å². The van der Waals surface area contributed by atoms with Crippen molar-refractivity contribution in [3.8, 4) is 11.5 Å². The summed E-state index contributed by atoms with van der Waals surface area (Å²) in [4.78, 5) is 0. The summed E-state index contributed by atoms with van der Waals surface area (Å²) in [5.41, 5.74) is 0.890. The molecule has 1 aromatic carbocycles. The Bertz CT molecular complexity index is 629. The zero-order chi connectivity index (χ0) is 17.0. The largest absolute Gasteiger partial charge is 0.497 e. The summed E-state index contributed by atoms with van der Waals surface area (Å²) >= 11 is 0. The maximum Gasteiger partial charge on any atom is 0.282 e. The third-order valence-corrected chi connectivity index (χ3v) is 6.53. The Labute approximate surface area is 139 Å². The van der Waals surface area contributed by atoms with Gasteiger partial charge in [0.2, 0.25) is 0 Å². The van der Waals surface area contributed by atoms with E-state index in [-0.39, 0.29) is 6.04 Å². The Hall–Kier alpha value is -1.31. The quantitative estimate of drug-likeness (QED) is 0.764. The molecule has 1 fully saturated rings. The number of nitrogens with zero attached hydrogens (tertiary/aromatic N) is 2. The van der Waals surface area contributed by atoms with Gasteiger partial charge in [-0.15, -0.1) is 0 Å². The van der Waals surface area contributed by atoms with Crippen LogP contribution in [0.3, 0.4) is 0 Å². The van der Waals surface area contributed by atoms with Gasteiger partial charge in [-0.1, -0.05) is 19.9 Å². The highest BCUT2D eigenvalue weighted by Crippen LogP contribution is 2.40.